The molecule has 2 aromatic heterocycles. The van der Waals surface area contributed by atoms with Gasteiger partial charge in [0.05, 0.1) is 23.3 Å². The van der Waals surface area contributed by atoms with Crippen molar-refractivity contribution < 1.29 is 0 Å². The Kier molecular flexibility index (Phi) is 3.95. The van der Waals surface area contributed by atoms with Crippen molar-refractivity contribution in [3.05, 3.63) is 80.9 Å². The number of fused-ring (bicyclic) bond motifs is 1. The van der Waals surface area contributed by atoms with E-state index in [0.717, 1.165) is 44.7 Å². The highest BCUT2D eigenvalue weighted by atomic mass is 16.1. The molecule has 0 saturated carbocycles. The van der Waals surface area contributed by atoms with Gasteiger partial charge in [-0.05, 0) is 69.0 Å². The molecule has 136 valence electrons. The molecule has 0 bridgehead atoms. The number of aromatic nitrogens is 4. The van der Waals surface area contributed by atoms with Gasteiger partial charge >= 0.3 is 0 Å². The molecular weight excluding hydrogens is 336 g/mol. The lowest BCUT2D eigenvalue weighted by Gasteiger charge is -2.13. The van der Waals surface area contributed by atoms with E-state index in [-0.39, 0.29) is 5.56 Å². The zero-order chi connectivity index (χ0) is 19.3. The lowest BCUT2D eigenvalue weighted by Crippen LogP contribution is -2.25. The second kappa shape index (κ2) is 6.20. The Hall–Kier alpha value is -3.21. The monoisotopic (exact) mass is 358 g/mol. The van der Waals surface area contributed by atoms with E-state index < -0.39 is 0 Å². The largest absolute Gasteiger partial charge is 0.298 e. The molecule has 0 aliphatic carbocycles. The Morgan fingerprint density at radius 1 is 0.778 bits per heavy atom. The first-order valence-corrected chi connectivity index (χ1v) is 9.01. The normalized spacial score (nSPS) is 11.3. The third-order valence-electron chi connectivity index (χ3n) is 5.41. The molecule has 4 aromatic rings. The maximum atomic E-state index is 13.4. The number of rotatable bonds is 2. The standard InChI is InChI=1S/C22H22N4O/c1-13-8-6-10-19(15(13)3)25-21-18(12-23-25)17(5)24-26(22(21)27)20-11-7-9-14(2)16(20)4/h6-12H,1-5H3. The lowest BCUT2D eigenvalue weighted by atomic mass is 10.1. The molecule has 0 aliphatic rings. The summed E-state index contributed by atoms with van der Waals surface area (Å²) in [5.41, 5.74) is 7.33. The third-order valence-corrected chi connectivity index (χ3v) is 5.41. The van der Waals surface area contributed by atoms with Crippen LogP contribution in [0.1, 0.15) is 27.9 Å². The summed E-state index contributed by atoms with van der Waals surface area (Å²) in [5.74, 6) is 0. The second-order valence-corrected chi connectivity index (χ2v) is 7.06. The molecule has 2 aromatic carbocycles. The predicted octanol–water partition coefficient (Wildman–Crippen LogP) is 4.11. The Bertz CT molecular complexity index is 1250. The maximum absolute atomic E-state index is 13.4. The van der Waals surface area contributed by atoms with Crippen molar-refractivity contribution in [2.75, 3.05) is 0 Å². The van der Waals surface area contributed by atoms with Gasteiger partial charge in [-0.15, -0.1) is 0 Å². The predicted molar refractivity (Wildman–Crippen MR) is 108 cm³/mol. The van der Waals surface area contributed by atoms with E-state index in [4.69, 9.17) is 0 Å². The Balaban J connectivity index is 2.09. The quantitative estimate of drug-likeness (QED) is 0.542. The van der Waals surface area contributed by atoms with Gasteiger partial charge in [0.25, 0.3) is 5.56 Å². The van der Waals surface area contributed by atoms with Crippen molar-refractivity contribution in [3.63, 3.8) is 0 Å². The molecule has 4 rings (SSSR count). The highest BCUT2D eigenvalue weighted by Gasteiger charge is 2.18. The highest BCUT2D eigenvalue weighted by Crippen LogP contribution is 2.23. The van der Waals surface area contributed by atoms with E-state index in [2.05, 4.69) is 30.1 Å². The van der Waals surface area contributed by atoms with Crippen LogP contribution < -0.4 is 5.56 Å². The fourth-order valence-corrected chi connectivity index (χ4v) is 3.44. The van der Waals surface area contributed by atoms with E-state index in [1.54, 1.807) is 10.9 Å². The smallest absolute Gasteiger partial charge is 0.265 e. The fraction of sp³-hybridized carbons (Fsp3) is 0.227. The van der Waals surface area contributed by atoms with E-state index in [1.807, 2.05) is 51.1 Å². The molecule has 0 aliphatic heterocycles. The lowest BCUT2D eigenvalue weighted by molar-refractivity contribution is 0.784. The van der Waals surface area contributed by atoms with Gasteiger partial charge in [0, 0.05) is 5.39 Å². The number of hydrogen-bond donors (Lipinski definition) is 0. The molecule has 0 fully saturated rings. The number of benzene rings is 2. The molecule has 5 nitrogen and oxygen atoms in total. The van der Waals surface area contributed by atoms with Crippen LogP contribution in [-0.2, 0) is 0 Å². The fourth-order valence-electron chi connectivity index (χ4n) is 3.44. The SMILES string of the molecule is Cc1cccc(-n2nc(C)c3cnn(-c4cccc(C)c4C)c3c2=O)c1C. The highest BCUT2D eigenvalue weighted by molar-refractivity contribution is 5.82. The molecule has 27 heavy (non-hydrogen) atoms. The van der Waals surface area contributed by atoms with Crippen molar-refractivity contribution in [2.24, 2.45) is 0 Å². The van der Waals surface area contributed by atoms with Gasteiger partial charge in [0.2, 0.25) is 0 Å². The summed E-state index contributed by atoms with van der Waals surface area (Å²) in [6, 6.07) is 12.0. The van der Waals surface area contributed by atoms with Crippen molar-refractivity contribution in [2.45, 2.75) is 34.6 Å². The first-order valence-electron chi connectivity index (χ1n) is 9.01. The van der Waals surface area contributed by atoms with Gasteiger partial charge in [0.1, 0.15) is 5.52 Å². The van der Waals surface area contributed by atoms with Gasteiger partial charge in [-0.25, -0.2) is 4.68 Å². The van der Waals surface area contributed by atoms with E-state index >= 15 is 0 Å². The van der Waals surface area contributed by atoms with Crippen LogP contribution in [0.4, 0.5) is 0 Å². The van der Waals surface area contributed by atoms with Gasteiger partial charge in [0.15, 0.2) is 0 Å². The first kappa shape index (κ1) is 17.2. The van der Waals surface area contributed by atoms with Crippen molar-refractivity contribution in [1.29, 1.82) is 0 Å². The zero-order valence-corrected chi connectivity index (χ0v) is 16.2. The number of aryl methyl sites for hydroxylation is 3. The molecule has 0 radical (unpaired) electrons. The van der Waals surface area contributed by atoms with Crippen LogP contribution in [0.2, 0.25) is 0 Å². The van der Waals surface area contributed by atoms with Gasteiger partial charge in [-0.3, -0.25) is 4.79 Å². The van der Waals surface area contributed by atoms with Crippen molar-refractivity contribution in [3.8, 4) is 11.4 Å². The van der Waals surface area contributed by atoms with E-state index in [1.165, 1.54) is 4.68 Å². The summed E-state index contributed by atoms with van der Waals surface area (Å²) in [4.78, 5) is 13.4. The molecule has 0 amide bonds. The van der Waals surface area contributed by atoms with Gasteiger partial charge < -0.3 is 0 Å². The van der Waals surface area contributed by atoms with Gasteiger partial charge in [-0.1, -0.05) is 24.3 Å². The van der Waals surface area contributed by atoms with Gasteiger partial charge in [-0.2, -0.15) is 14.9 Å². The summed E-state index contributed by atoms with van der Waals surface area (Å²) in [6.45, 7) is 10.1. The molecule has 0 N–H and O–H groups in total. The average Bonchev–Trinajstić information content (AvgIpc) is 3.09. The van der Waals surface area contributed by atoms with Crippen LogP contribution >= 0.6 is 0 Å². The average molecular weight is 358 g/mol. The second-order valence-electron chi connectivity index (χ2n) is 7.06. The Labute approximate surface area is 157 Å². The Morgan fingerprint density at radius 3 is 1.93 bits per heavy atom. The minimum absolute atomic E-state index is 0.164. The van der Waals surface area contributed by atoms with E-state index in [0.29, 0.717) is 5.52 Å². The van der Waals surface area contributed by atoms with Crippen LogP contribution in [0, 0.1) is 34.6 Å². The summed E-state index contributed by atoms with van der Waals surface area (Å²) < 4.78 is 3.25. The molecule has 0 unspecified atom stereocenters. The Morgan fingerprint density at radius 2 is 1.33 bits per heavy atom. The summed E-state index contributed by atoms with van der Waals surface area (Å²) in [7, 11) is 0. The van der Waals surface area contributed by atoms with Crippen LogP contribution in [-0.4, -0.2) is 19.6 Å². The zero-order valence-electron chi connectivity index (χ0n) is 16.2. The molecule has 0 atom stereocenters. The van der Waals surface area contributed by atoms with Crippen LogP contribution in [0.15, 0.2) is 47.4 Å². The summed E-state index contributed by atoms with van der Waals surface area (Å²) in [6.07, 6.45) is 1.73. The molecular formula is C22H22N4O. The minimum atomic E-state index is -0.164. The minimum Gasteiger partial charge on any atom is -0.265 e. The summed E-state index contributed by atoms with van der Waals surface area (Å²) >= 11 is 0. The maximum Gasteiger partial charge on any atom is 0.298 e. The molecule has 5 heteroatoms. The van der Waals surface area contributed by atoms with Crippen LogP contribution in [0.3, 0.4) is 0 Å². The van der Waals surface area contributed by atoms with E-state index in [9.17, 15) is 4.79 Å². The van der Waals surface area contributed by atoms with Crippen molar-refractivity contribution >= 4 is 10.9 Å². The number of nitrogens with zero attached hydrogens (tertiary/aromatic N) is 4. The van der Waals surface area contributed by atoms with Crippen LogP contribution in [0.5, 0.6) is 0 Å². The molecule has 0 saturated heterocycles. The van der Waals surface area contributed by atoms with Crippen LogP contribution in [0.25, 0.3) is 22.3 Å². The molecule has 2 heterocycles. The first-order chi connectivity index (χ1) is 12.9. The topological polar surface area (TPSA) is 52.7 Å². The molecule has 0 spiro atoms. The number of hydrogen-bond acceptors (Lipinski definition) is 3. The van der Waals surface area contributed by atoms with Crippen molar-refractivity contribution in [1.82, 2.24) is 19.6 Å². The third kappa shape index (κ3) is 2.58. The summed E-state index contributed by atoms with van der Waals surface area (Å²) in [5, 5.41) is 9.88.